The molecule has 28 heavy (non-hydrogen) atoms. The van der Waals surface area contributed by atoms with Gasteiger partial charge in [-0.3, -0.25) is 4.57 Å². The van der Waals surface area contributed by atoms with Crippen LogP contribution in [0.5, 0.6) is 0 Å². The van der Waals surface area contributed by atoms with Gasteiger partial charge in [0.1, 0.15) is 11.6 Å². The van der Waals surface area contributed by atoms with Crippen molar-refractivity contribution in [3.05, 3.63) is 92.3 Å². The van der Waals surface area contributed by atoms with Crippen molar-refractivity contribution in [2.75, 3.05) is 5.32 Å². The van der Waals surface area contributed by atoms with Gasteiger partial charge in [-0.25, -0.2) is 22.9 Å². The fourth-order valence-corrected chi connectivity index (χ4v) is 2.81. The molecule has 0 spiro atoms. The highest BCUT2D eigenvalue weighted by Gasteiger charge is 2.16. The maximum atomic E-state index is 13.9. The van der Waals surface area contributed by atoms with Crippen LogP contribution in [0.4, 0.5) is 14.7 Å². The summed E-state index contributed by atoms with van der Waals surface area (Å²) >= 11 is 0. The summed E-state index contributed by atoms with van der Waals surface area (Å²) in [6.45, 7) is 3.55. The van der Waals surface area contributed by atoms with Crippen molar-refractivity contribution in [2.45, 2.75) is 33.0 Å². The van der Waals surface area contributed by atoms with Gasteiger partial charge in [-0.05, 0) is 37.6 Å². The predicted molar refractivity (Wildman–Crippen MR) is 102 cm³/mol. The Labute approximate surface area is 160 Å². The molecule has 0 saturated heterocycles. The van der Waals surface area contributed by atoms with Crippen molar-refractivity contribution < 1.29 is 8.78 Å². The van der Waals surface area contributed by atoms with Crippen LogP contribution in [0.3, 0.4) is 0 Å². The Morgan fingerprint density at radius 3 is 2.36 bits per heavy atom. The Bertz CT molecular complexity index is 1090. The predicted octanol–water partition coefficient (Wildman–Crippen LogP) is 2.92. The molecule has 0 fully saturated rings. The van der Waals surface area contributed by atoms with Gasteiger partial charge < -0.3 is 5.32 Å². The SMILES string of the molecule is CC(C)n1c(=O)nc(NCc2ccccc2F)n(Cc2ccc(F)cc2)c1=O. The third-order valence-electron chi connectivity index (χ3n) is 4.27. The maximum Gasteiger partial charge on any atom is 0.355 e. The van der Waals surface area contributed by atoms with Crippen molar-refractivity contribution in [2.24, 2.45) is 0 Å². The van der Waals surface area contributed by atoms with Gasteiger partial charge in [0.2, 0.25) is 5.95 Å². The fourth-order valence-electron chi connectivity index (χ4n) is 2.81. The molecule has 2 aromatic carbocycles. The first-order valence-electron chi connectivity index (χ1n) is 8.82. The zero-order valence-electron chi connectivity index (χ0n) is 15.5. The summed E-state index contributed by atoms with van der Waals surface area (Å²) in [5.41, 5.74) is -0.201. The van der Waals surface area contributed by atoms with E-state index in [1.54, 1.807) is 44.2 Å². The van der Waals surface area contributed by atoms with Crippen LogP contribution in [0.2, 0.25) is 0 Å². The molecule has 0 unspecified atom stereocenters. The molecule has 1 aromatic heterocycles. The van der Waals surface area contributed by atoms with Gasteiger partial charge in [0.15, 0.2) is 0 Å². The van der Waals surface area contributed by atoms with Gasteiger partial charge in [-0.2, -0.15) is 4.98 Å². The second kappa shape index (κ2) is 8.16. The number of hydrogen-bond donors (Lipinski definition) is 1. The minimum absolute atomic E-state index is 0.0273. The number of nitrogens with zero attached hydrogens (tertiary/aromatic N) is 3. The summed E-state index contributed by atoms with van der Waals surface area (Å²) in [4.78, 5) is 29.2. The first kappa shape index (κ1) is 19.5. The van der Waals surface area contributed by atoms with E-state index in [4.69, 9.17) is 0 Å². The molecule has 0 aliphatic heterocycles. The zero-order valence-corrected chi connectivity index (χ0v) is 15.5. The van der Waals surface area contributed by atoms with Gasteiger partial charge in [-0.15, -0.1) is 0 Å². The summed E-state index contributed by atoms with van der Waals surface area (Å²) in [5.74, 6) is -0.767. The average molecular weight is 386 g/mol. The lowest BCUT2D eigenvalue weighted by molar-refractivity contribution is 0.495. The van der Waals surface area contributed by atoms with Crippen molar-refractivity contribution >= 4 is 5.95 Å². The van der Waals surface area contributed by atoms with Crippen LogP contribution in [-0.4, -0.2) is 14.1 Å². The van der Waals surface area contributed by atoms with Gasteiger partial charge in [0, 0.05) is 18.2 Å². The molecule has 6 nitrogen and oxygen atoms in total. The topological polar surface area (TPSA) is 68.9 Å². The van der Waals surface area contributed by atoms with Crippen LogP contribution in [0.25, 0.3) is 0 Å². The number of anilines is 1. The van der Waals surface area contributed by atoms with E-state index >= 15 is 0 Å². The number of benzene rings is 2. The molecule has 1 N–H and O–H groups in total. The Morgan fingerprint density at radius 1 is 1.04 bits per heavy atom. The van der Waals surface area contributed by atoms with Crippen LogP contribution in [0.1, 0.15) is 31.0 Å². The average Bonchev–Trinajstić information content (AvgIpc) is 2.65. The van der Waals surface area contributed by atoms with Crippen LogP contribution >= 0.6 is 0 Å². The van der Waals surface area contributed by atoms with Gasteiger partial charge in [-0.1, -0.05) is 30.3 Å². The molecule has 146 valence electrons. The third kappa shape index (κ3) is 4.16. The van der Waals surface area contributed by atoms with Crippen molar-refractivity contribution in [1.82, 2.24) is 14.1 Å². The molecule has 3 aromatic rings. The molecular formula is C20H20F2N4O2. The molecule has 8 heteroatoms. The van der Waals surface area contributed by atoms with Crippen LogP contribution in [0.15, 0.2) is 58.1 Å². The van der Waals surface area contributed by atoms with E-state index in [9.17, 15) is 18.4 Å². The second-order valence-corrected chi connectivity index (χ2v) is 6.62. The number of aromatic nitrogens is 3. The largest absolute Gasteiger partial charge is 0.355 e. The van der Waals surface area contributed by atoms with Crippen molar-refractivity contribution in [3.8, 4) is 0 Å². The zero-order chi connectivity index (χ0) is 20.3. The summed E-state index contributed by atoms with van der Waals surface area (Å²) in [7, 11) is 0. The molecule has 1 heterocycles. The monoisotopic (exact) mass is 386 g/mol. The van der Waals surface area contributed by atoms with Gasteiger partial charge >= 0.3 is 11.4 Å². The highest BCUT2D eigenvalue weighted by molar-refractivity contribution is 5.30. The molecule has 0 atom stereocenters. The molecule has 0 amide bonds. The summed E-state index contributed by atoms with van der Waals surface area (Å²) in [6, 6.07) is 11.5. The number of rotatable bonds is 6. The molecule has 0 saturated carbocycles. The molecule has 3 rings (SSSR count). The van der Waals surface area contributed by atoms with Crippen LogP contribution in [0, 0.1) is 11.6 Å². The summed E-state index contributed by atoms with van der Waals surface area (Å²) < 4.78 is 29.4. The van der Waals surface area contributed by atoms with E-state index < -0.39 is 17.2 Å². The highest BCUT2D eigenvalue weighted by Crippen LogP contribution is 2.11. The minimum Gasteiger partial charge on any atom is -0.351 e. The van der Waals surface area contributed by atoms with E-state index in [0.29, 0.717) is 11.1 Å². The molecular weight excluding hydrogens is 366 g/mol. The maximum absolute atomic E-state index is 13.9. The van der Waals surface area contributed by atoms with Crippen molar-refractivity contribution in [3.63, 3.8) is 0 Å². The van der Waals surface area contributed by atoms with E-state index in [0.717, 1.165) is 4.57 Å². The Morgan fingerprint density at radius 2 is 1.71 bits per heavy atom. The van der Waals surface area contributed by atoms with Gasteiger partial charge in [0.25, 0.3) is 0 Å². The number of halogens is 2. The summed E-state index contributed by atoms with van der Waals surface area (Å²) in [6.07, 6.45) is 0. The van der Waals surface area contributed by atoms with Crippen molar-refractivity contribution in [1.29, 1.82) is 0 Å². The standard InChI is InChI=1S/C20H20F2N4O2/c1-13(2)26-19(27)24-18(23-11-15-5-3-4-6-17(15)22)25(20(26)28)12-14-7-9-16(21)10-8-14/h3-10,13H,11-12H2,1-2H3,(H,23,24,27). The first-order valence-corrected chi connectivity index (χ1v) is 8.82. The Hall–Kier alpha value is -3.29. The van der Waals surface area contributed by atoms with Crippen LogP contribution in [-0.2, 0) is 13.1 Å². The van der Waals surface area contributed by atoms with E-state index in [1.807, 2.05) is 0 Å². The molecule has 0 aliphatic rings. The minimum atomic E-state index is -0.689. The molecule has 0 aliphatic carbocycles. The third-order valence-corrected chi connectivity index (χ3v) is 4.27. The Balaban J connectivity index is 2.02. The summed E-state index contributed by atoms with van der Waals surface area (Å²) in [5, 5.41) is 2.87. The lowest BCUT2D eigenvalue weighted by atomic mass is 10.2. The van der Waals surface area contributed by atoms with E-state index in [-0.39, 0.29) is 30.9 Å². The molecule has 0 radical (unpaired) electrons. The quantitative estimate of drug-likeness (QED) is 0.707. The van der Waals surface area contributed by atoms with Crippen LogP contribution < -0.4 is 16.7 Å². The van der Waals surface area contributed by atoms with E-state index in [1.165, 1.54) is 22.8 Å². The first-order chi connectivity index (χ1) is 13.4. The lowest BCUT2D eigenvalue weighted by Gasteiger charge is -2.17. The molecule has 0 bridgehead atoms. The lowest BCUT2D eigenvalue weighted by Crippen LogP contribution is -2.43. The number of hydrogen-bond acceptors (Lipinski definition) is 4. The van der Waals surface area contributed by atoms with Gasteiger partial charge in [0.05, 0.1) is 6.54 Å². The van der Waals surface area contributed by atoms with E-state index in [2.05, 4.69) is 10.3 Å². The fraction of sp³-hybridized carbons (Fsp3) is 0.250. The number of nitrogens with one attached hydrogen (secondary N) is 1. The Kier molecular flexibility index (Phi) is 5.67. The highest BCUT2D eigenvalue weighted by atomic mass is 19.1. The smallest absolute Gasteiger partial charge is 0.351 e. The second-order valence-electron chi connectivity index (χ2n) is 6.62. The normalized spacial score (nSPS) is 11.0.